The van der Waals surface area contributed by atoms with Crippen LogP contribution >= 0.6 is 0 Å². The van der Waals surface area contributed by atoms with Gasteiger partial charge in [0.05, 0.1) is 37.3 Å². The summed E-state index contributed by atoms with van der Waals surface area (Å²) in [5.74, 6) is -1.36. The SMILES string of the molecule is CCOC(=O)N1CCN(Cc2c(O)ccc3c(=O)c(-c4ccc(OC)c(OC)c4)c(C(F)(F)F)oc23)CC1. The van der Waals surface area contributed by atoms with Crippen molar-refractivity contribution in [3.8, 4) is 28.4 Å². The standard InChI is InChI=1S/C26H27F3N2O7/c1-4-37-25(34)31-11-9-30(10-12-31)14-17-18(32)7-6-16-22(33)21(24(26(27,28)29)38-23(16)17)15-5-8-19(35-2)20(13-15)36-3/h5-8,13,32H,4,9-12,14H2,1-3H3. The van der Waals surface area contributed by atoms with E-state index in [1.807, 2.05) is 4.90 Å². The fraction of sp³-hybridized carbons (Fsp3) is 0.385. The van der Waals surface area contributed by atoms with Crippen molar-refractivity contribution in [3.05, 3.63) is 51.9 Å². The Hall–Kier alpha value is -3.93. The number of piperazine rings is 1. The smallest absolute Gasteiger partial charge is 0.450 e. The second kappa shape index (κ2) is 10.8. The molecule has 1 aliphatic heterocycles. The molecule has 38 heavy (non-hydrogen) atoms. The van der Waals surface area contributed by atoms with Crippen LogP contribution < -0.4 is 14.9 Å². The van der Waals surface area contributed by atoms with Gasteiger partial charge in [0.15, 0.2) is 11.5 Å². The fourth-order valence-electron chi connectivity index (χ4n) is 4.44. The van der Waals surface area contributed by atoms with Crippen molar-refractivity contribution < 1.29 is 41.7 Å². The number of halogens is 3. The van der Waals surface area contributed by atoms with E-state index in [0.29, 0.717) is 26.2 Å². The van der Waals surface area contributed by atoms with Gasteiger partial charge < -0.3 is 28.6 Å². The Balaban J connectivity index is 1.79. The predicted octanol–water partition coefficient (Wildman–Crippen LogP) is 4.48. The van der Waals surface area contributed by atoms with Crippen molar-refractivity contribution in [2.24, 2.45) is 0 Å². The number of nitrogens with zero attached hydrogens (tertiary/aromatic N) is 2. The molecular formula is C26H27F3N2O7. The molecule has 9 nitrogen and oxygen atoms in total. The first-order valence-electron chi connectivity index (χ1n) is 11.8. The van der Waals surface area contributed by atoms with E-state index < -0.39 is 29.0 Å². The zero-order valence-electron chi connectivity index (χ0n) is 21.1. The van der Waals surface area contributed by atoms with Gasteiger partial charge in [0.2, 0.25) is 11.2 Å². The van der Waals surface area contributed by atoms with Crippen molar-refractivity contribution in [1.29, 1.82) is 0 Å². The van der Waals surface area contributed by atoms with Crippen LogP contribution in [0.4, 0.5) is 18.0 Å². The second-order valence-corrected chi connectivity index (χ2v) is 8.60. The maximum absolute atomic E-state index is 14.2. The Labute approximate surface area is 215 Å². The molecule has 0 aliphatic carbocycles. The largest absolute Gasteiger partial charge is 0.507 e. The minimum absolute atomic E-state index is 0.00970. The van der Waals surface area contributed by atoms with Crippen molar-refractivity contribution in [2.45, 2.75) is 19.6 Å². The molecule has 1 N–H and O–H groups in total. The summed E-state index contributed by atoms with van der Waals surface area (Å²) < 4.78 is 63.4. The highest BCUT2D eigenvalue weighted by Crippen LogP contribution is 2.41. The monoisotopic (exact) mass is 536 g/mol. The van der Waals surface area contributed by atoms with Gasteiger partial charge in [-0.3, -0.25) is 9.69 Å². The van der Waals surface area contributed by atoms with Gasteiger partial charge in [0, 0.05) is 32.7 Å². The Morgan fingerprint density at radius 2 is 1.74 bits per heavy atom. The second-order valence-electron chi connectivity index (χ2n) is 8.60. The van der Waals surface area contributed by atoms with Crippen molar-refractivity contribution in [3.63, 3.8) is 0 Å². The highest BCUT2D eigenvalue weighted by molar-refractivity contribution is 5.87. The van der Waals surface area contributed by atoms with Gasteiger partial charge in [0.1, 0.15) is 11.3 Å². The van der Waals surface area contributed by atoms with Gasteiger partial charge in [-0.15, -0.1) is 0 Å². The van der Waals surface area contributed by atoms with Gasteiger partial charge in [-0.2, -0.15) is 13.2 Å². The summed E-state index contributed by atoms with van der Waals surface area (Å²) in [7, 11) is 2.71. The first kappa shape index (κ1) is 27.1. The number of aromatic hydroxyl groups is 1. The van der Waals surface area contributed by atoms with Crippen LogP contribution in [-0.4, -0.2) is 68.0 Å². The molecule has 1 amide bonds. The van der Waals surface area contributed by atoms with E-state index in [0.717, 1.165) is 0 Å². The quantitative estimate of drug-likeness (QED) is 0.492. The molecule has 2 heterocycles. The molecule has 3 aromatic rings. The predicted molar refractivity (Wildman–Crippen MR) is 132 cm³/mol. The van der Waals surface area contributed by atoms with E-state index in [9.17, 15) is 27.9 Å². The maximum Gasteiger partial charge on any atom is 0.450 e. The number of methoxy groups -OCH3 is 2. The van der Waals surface area contributed by atoms with E-state index in [1.54, 1.807) is 6.92 Å². The molecule has 1 fully saturated rings. The van der Waals surface area contributed by atoms with Crippen molar-refractivity contribution in [2.75, 3.05) is 47.0 Å². The summed E-state index contributed by atoms with van der Waals surface area (Å²) in [6.07, 6.45) is -5.45. The van der Waals surface area contributed by atoms with E-state index in [1.165, 1.54) is 49.5 Å². The molecule has 1 aliphatic rings. The van der Waals surface area contributed by atoms with Gasteiger partial charge in [-0.05, 0) is 36.8 Å². The van der Waals surface area contributed by atoms with Crippen LogP contribution in [-0.2, 0) is 17.5 Å². The van der Waals surface area contributed by atoms with Gasteiger partial charge in [-0.1, -0.05) is 6.07 Å². The molecule has 0 atom stereocenters. The number of carbonyl (C=O) groups is 1. The number of amides is 1. The normalized spacial score (nSPS) is 14.5. The number of hydrogen-bond donors (Lipinski definition) is 1. The number of hydrogen-bond acceptors (Lipinski definition) is 8. The van der Waals surface area contributed by atoms with Crippen molar-refractivity contribution in [1.82, 2.24) is 9.80 Å². The average molecular weight is 537 g/mol. The lowest BCUT2D eigenvalue weighted by molar-refractivity contribution is -0.152. The highest BCUT2D eigenvalue weighted by atomic mass is 19.4. The Morgan fingerprint density at radius 1 is 1.05 bits per heavy atom. The van der Waals surface area contributed by atoms with Crippen molar-refractivity contribution >= 4 is 17.1 Å². The first-order valence-corrected chi connectivity index (χ1v) is 11.8. The van der Waals surface area contributed by atoms with Crippen LogP contribution in [0.2, 0.25) is 0 Å². The lowest BCUT2D eigenvalue weighted by Gasteiger charge is -2.34. The van der Waals surface area contributed by atoms with Gasteiger partial charge in [0.25, 0.3) is 0 Å². The molecule has 0 radical (unpaired) electrons. The molecule has 1 saturated heterocycles. The molecule has 12 heteroatoms. The van der Waals surface area contributed by atoms with Crippen LogP contribution in [0.25, 0.3) is 22.1 Å². The summed E-state index contributed by atoms with van der Waals surface area (Å²) in [6, 6.07) is 6.49. The molecule has 4 rings (SSSR count). The van der Waals surface area contributed by atoms with E-state index in [4.69, 9.17) is 18.6 Å². The lowest BCUT2D eigenvalue weighted by Crippen LogP contribution is -2.48. The summed E-state index contributed by atoms with van der Waals surface area (Å²) in [5, 5.41) is 10.5. The number of phenolic OH excluding ortho intramolecular Hbond substituents is 1. The number of ether oxygens (including phenoxy) is 3. The molecule has 0 saturated carbocycles. The maximum atomic E-state index is 14.2. The molecular weight excluding hydrogens is 509 g/mol. The first-order chi connectivity index (χ1) is 18.1. The van der Waals surface area contributed by atoms with Crippen LogP contribution in [0.3, 0.4) is 0 Å². The number of benzene rings is 2. The molecule has 0 bridgehead atoms. The minimum Gasteiger partial charge on any atom is -0.507 e. The van der Waals surface area contributed by atoms with E-state index >= 15 is 0 Å². The number of phenols is 1. The van der Waals surface area contributed by atoms with E-state index in [-0.39, 0.29) is 52.5 Å². The topological polar surface area (TPSA) is 102 Å². The van der Waals surface area contributed by atoms with Crippen LogP contribution in [0.1, 0.15) is 18.2 Å². The minimum atomic E-state index is -5.01. The zero-order chi connectivity index (χ0) is 27.6. The number of carbonyl (C=O) groups excluding carboxylic acids is 1. The zero-order valence-corrected chi connectivity index (χ0v) is 21.1. The summed E-state index contributed by atoms with van der Waals surface area (Å²) in [6.45, 7) is 3.40. The molecule has 0 unspecified atom stereocenters. The molecule has 2 aromatic carbocycles. The fourth-order valence-corrected chi connectivity index (χ4v) is 4.44. The number of rotatable bonds is 6. The molecule has 0 spiro atoms. The Kier molecular flexibility index (Phi) is 7.72. The van der Waals surface area contributed by atoms with Gasteiger partial charge >= 0.3 is 12.3 Å². The van der Waals surface area contributed by atoms with E-state index in [2.05, 4.69) is 0 Å². The summed E-state index contributed by atoms with van der Waals surface area (Å²) in [5.41, 5.74) is -1.94. The summed E-state index contributed by atoms with van der Waals surface area (Å²) >= 11 is 0. The Morgan fingerprint density at radius 3 is 2.34 bits per heavy atom. The van der Waals surface area contributed by atoms with Crippen LogP contribution in [0.15, 0.2) is 39.5 Å². The third kappa shape index (κ3) is 5.21. The molecule has 204 valence electrons. The molecule has 1 aromatic heterocycles. The third-order valence-electron chi connectivity index (χ3n) is 6.35. The third-order valence-corrected chi connectivity index (χ3v) is 6.35. The Bertz CT molecular complexity index is 1400. The highest BCUT2D eigenvalue weighted by Gasteiger charge is 2.40. The summed E-state index contributed by atoms with van der Waals surface area (Å²) in [4.78, 5) is 28.8. The number of fused-ring (bicyclic) bond motifs is 1. The average Bonchev–Trinajstić information content (AvgIpc) is 2.89. The van der Waals surface area contributed by atoms with Gasteiger partial charge in [-0.25, -0.2) is 4.79 Å². The lowest BCUT2D eigenvalue weighted by atomic mass is 9.99. The number of alkyl halides is 3. The van der Waals surface area contributed by atoms with Crippen LogP contribution in [0, 0.1) is 0 Å². The van der Waals surface area contributed by atoms with Crippen LogP contribution in [0.5, 0.6) is 17.2 Å².